The first-order chi connectivity index (χ1) is 10.9. The molecule has 2 rings (SSSR count). The Morgan fingerprint density at radius 2 is 1.70 bits per heavy atom. The summed E-state index contributed by atoms with van der Waals surface area (Å²) in [5.41, 5.74) is 0. The van der Waals surface area contributed by atoms with Crippen LogP contribution in [0.3, 0.4) is 0 Å². The number of piperazine rings is 1. The first kappa shape index (κ1) is 18.1. The first-order valence-corrected chi connectivity index (χ1v) is 8.26. The number of halogens is 2. The molecule has 2 fully saturated rings. The summed E-state index contributed by atoms with van der Waals surface area (Å²) in [5.74, 6) is -3.02. The van der Waals surface area contributed by atoms with E-state index in [1.165, 1.54) is 0 Å². The molecule has 1 unspecified atom stereocenters. The van der Waals surface area contributed by atoms with Crippen molar-refractivity contribution in [2.45, 2.75) is 32.2 Å². The van der Waals surface area contributed by atoms with Gasteiger partial charge in [-0.1, -0.05) is 13.8 Å². The minimum Gasteiger partial charge on any atom is -0.338 e. The molecule has 6 nitrogen and oxygen atoms in total. The third kappa shape index (κ3) is 4.60. The van der Waals surface area contributed by atoms with Crippen molar-refractivity contribution in [1.82, 2.24) is 20.0 Å². The lowest BCUT2D eigenvalue weighted by atomic mass is 10.1. The minimum atomic E-state index is -2.80. The van der Waals surface area contributed by atoms with E-state index in [0.29, 0.717) is 32.7 Å². The molecular formula is C15H26F2N4O2. The highest BCUT2D eigenvalue weighted by Crippen LogP contribution is 2.26. The molecule has 0 radical (unpaired) electrons. The summed E-state index contributed by atoms with van der Waals surface area (Å²) in [7, 11) is 0. The van der Waals surface area contributed by atoms with Crippen LogP contribution in [0, 0.1) is 0 Å². The third-order valence-electron chi connectivity index (χ3n) is 4.61. The molecule has 0 aromatic carbocycles. The molecule has 0 aliphatic carbocycles. The Kier molecular flexibility index (Phi) is 5.91. The highest BCUT2D eigenvalue weighted by atomic mass is 19.3. The maximum absolute atomic E-state index is 13.2. The summed E-state index contributed by atoms with van der Waals surface area (Å²) in [6.45, 7) is 7.37. The van der Waals surface area contributed by atoms with Crippen LogP contribution in [0.15, 0.2) is 0 Å². The number of hydrogen-bond acceptors (Lipinski definition) is 4. The largest absolute Gasteiger partial charge is 0.338 e. The first-order valence-electron chi connectivity index (χ1n) is 8.26. The molecule has 1 atom stereocenters. The molecule has 23 heavy (non-hydrogen) atoms. The van der Waals surface area contributed by atoms with E-state index in [9.17, 15) is 18.4 Å². The van der Waals surface area contributed by atoms with Gasteiger partial charge in [0.25, 0.3) is 5.92 Å². The molecule has 0 saturated carbocycles. The quantitative estimate of drug-likeness (QED) is 0.770. The van der Waals surface area contributed by atoms with E-state index >= 15 is 0 Å². The molecule has 2 amide bonds. The van der Waals surface area contributed by atoms with Crippen LogP contribution < -0.4 is 5.32 Å². The number of hydrogen-bond donors (Lipinski definition) is 1. The normalized spacial score (nSPS) is 24.3. The van der Waals surface area contributed by atoms with Crippen LogP contribution in [0.2, 0.25) is 0 Å². The van der Waals surface area contributed by atoms with E-state index in [2.05, 4.69) is 5.32 Å². The second kappa shape index (κ2) is 7.53. The highest BCUT2D eigenvalue weighted by Gasteiger charge is 2.43. The number of nitrogens with zero attached hydrogens (tertiary/aromatic N) is 3. The second-order valence-electron chi connectivity index (χ2n) is 6.16. The van der Waals surface area contributed by atoms with Crippen molar-refractivity contribution in [1.29, 1.82) is 0 Å². The average Bonchev–Trinajstić information content (AvgIpc) is 2.91. The van der Waals surface area contributed by atoms with Gasteiger partial charge in [0, 0.05) is 32.6 Å². The zero-order chi connectivity index (χ0) is 17.0. The Morgan fingerprint density at radius 1 is 1.13 bits per heavy atom. The van der Waals surface area contributed by atoms with Gasteiger partial charge in [-0.15, -0.1) is 0 Å². The number of amides is 2. The molecule has 0 bridgehead atoms. The maximum atomic E-state index is 13.2. The Bertz CT molecular complexity index is 435. The van der Waals surface area contributed by atoms with Gasteiger partial charge in [0.2, 0.25) is 11.8 Å². The van der Waals surface area contributed by atoms with E-state index < -0.39 is 24.9 Å². The van der Waals surface area contributed by atoms with Crippen molar-refractivity contribution >= 4 is 11.8 Å². The number of carbonyl (C=O) groups excluding carboxylic acids is 2. The van der Waals surface area contributed by atoms with Gasteiger partial charge < -0.3 is 9.80 Å². The molecule has 2 heterocycles. The Labute approximate surface area is 135 Å². The minimum absolute atomic E-state index is 0.0614. The van der Waals surface area contributed by atoms with Crippen LogP contribution in [0.4, 0.5) is 8.78 Å². The summed E-state index contributed by atoms with van der Waals surface area (Å²) in [5, 5.41) is 2.59. The molecule has 0 aromatic heterocycles. The SMILES string of the molecule is CCN(CC)CC(=O)N1CCN(C(=O)C2CC(F)(F)CN2)CC1. The lowest BCUT2D eigenvalue weighted by Crippen LogP contribution is -2.55. The van der Waals surface area contributed by atoms with Gasteiger partial charge in [0.1, 0.15) is 0 Å². The molecule has 0 spiro atoms. The fraction of sp³-hybridized carbons (Fsp3) is 0.867. The van der Waals surface area contributed by atoms with Crippen molar-refractivity contribution in [3.8, 4) is 0 Å². The number of likely N-dealkylation sites (N-methyl/N-ethyl adjacent to an activating group) is 1. The van der Waals surface area contributed by atoms with Crippen LogP contribution in [0.1, 0.15) is 20.3 Å². The van der Waals surface area contributed by atoms with Gasteiger partial charge in [-0.05, 0) is 13.1 Å². The lowest BCUT2D eigenvalue weighted by Gasteiger charge is -2.36. The topological polar surface area (TPSA) is 55.9 Å². The molecule has 8 heteroatoms. The molecule has 132 valence electrons. The van der Waals surface area contributed by atoms with E-state index in [0.717, 1.165) is 13.1 Å². The lowest BCUT2D eigenvalue weighted by molar-refractivity contribution is -0.141. The predicted molar refractivity (Wildman–Crippen MR) is 82.3 cm³/mol. The van der Waals surface area contributed by atoms with E-state index in [4.69, 9.17) is 0 Å². The van der Waals surface area contributed by atoms with E-state index in [1.54, 1.807) is 9.80 Å². The molecule has 1 N–H and O–H groups in total. The third-order valence-corrected chi connectivity index (χ3v) is 4.61. The smallest absolute Gasteiger partial charge is 0.262 e. The molecule has 0 aromatic rings. The van der Waals surface area contributed by atoms with Gasteiger partial charge in [-0.3, -0.25) is 19.8 Å². The molecule has 2 aliphatic heterocycles. The van der Waals surface area contributed by atoms with Gasteiger partial charge in [0.05, 0.1) is 19.1 Å². The van der Waals surface area contributed by atoms with Crippen LogP contribution in [0.5, 0.6) is 0 Å². The zero-order valence-corrected chi connectivity index (χ0v) is 13.9. The Hall–Kier alpha value is -1.28. The summed E-state index contributed by atoms with van der Waals surface area (Å²) < 4.78 is 26.4. The van der Waals surface area contributed by atoms with Gasteiger partial charge >= 0.3 is 0 Å². The van der Waals surface area contributed by atoms with E-state index in [1.807, 2.05) is 18.7 Å². The van der Waals surface area contributed by atoms with Crippen LogP contribution in [0.25, 0.3) is 0 Å². The number of carbonyl (C=O) groups is 2. The predicted octanol–water partition coefficient (Wildman–Crippen LogP) is -0.00380. The van der Waals surface area contributed by atoms with E-state index in [-0.39, 0.29) is 11.8 Å². The standard InChI is InChI=1S/C15H26F2N4O2/c1-3-19(4-2)10-13(22)20-5-7-21(8-6-20)14(23)12-9-15(16,17)11-18-12/h12,18H,3-11H2,1-2H3. The fourth-order valence-electron chi connectivity index (χ4n) is 3.03. The molecule has 2 aliphatic rings. The zero-order valence-electron chi connectivity index (χ0n) is 13.9. The van der Waals surface area contributed by atoms with Gasteiger partial charge in [-0.2, -0.15) is 0 Å². The van der Waals surface area contributed by atoms with Gasteiger partial charge in [-0.25, -0.2) is 8.78 Å². The van der Waals surface area contributed by atoms with Crippen molar-refractivity contribution in [3.05, 3.63) is 0 Å². The van der Waals surface area contributed by atoms with Crippen molar-refractivity contribution in [2.75, 3.05) is 52.4 Å². The van der Waals surface area contributed by atoms with Crippen molar-refractivity contribution < 1.29 is 18.4 Å². The number of nitrogens with one attached hydrogen (secondary N) is 1. The van der Waals surface area contributed by atoms with Crippen molar-refractivity contribution in [3.63, 3.8) is 0 Å². The molecule has 2 saturated heterocycles. The van der Waals surface area contributed by atoms with Crippen LogP contribution >= 0.6 is 0 Å². The summed E-state index contributed by atoms with van der Waals surface area (Å²) in [6.07, 6.45) is -0.438. The average molecular weight is 332 g/mol. The molecular weight excluding hydrogens is 306 g/mol. The van der Waals surface area contributed by atoms with Crippen molar-refractivity contribution in [2.24, 2.45) is 0 Å². The monoisotopic (exact) mass is 332 g/mol. The van der Waals surface area contributed by atoms with Gasteiger partial charge in [0.15, 0.2) is 0 Å². The highest BCUT2D eigenvalue weighted by molar-refractivity contribution is 5.83. The summed E-state index contributed by atoms with van der Waals surface area (Å²) >= 11 is 0. The summed E-state index contributed by atoms with van der Waals surface area (Å²) in [4.78, 5) is 29.8. The van der Waals surface area contributed by atoms with Crippen LogP contribution in [-0.4, -0.2) is 90.8 Å². The summed E-state index contributed by atoms with van der Waals surface area (Å²) in [6, 6.07) is -0.803. The Morgan fingerprint density at radius 3 is 2.17 bits per heavy atom. The Balaban J connectivity index is 1.79. The number of alkyl halides is 2. The van der Waals surface area contributed by atoms with Crippen LogP contribution in [-0.2, 0) is 9.59 Å². The fourth-order valence-corrected chi connectivity index (χ4v) is 3.03. The number of rotatable bonds is 5. The second-order valence-corrected chi connectivity index (χ2v) is 6.16. The maximum Gasteiger partial charge on any atom is 0.262 e.